The van der Waals surface area contributed by atoms with Crippen LogP contribution in [0, 0.1) is 0 Å². The molecule has 0 saturated carbocycles. The highest BCUT2D eigenvalue weighted by molar-refractivity contribution is 5.82. The maximum Gasteiger partial charge on any atom is 0.142 e. The average Bonchev–Trinajstić information content (AvgIpc) is 2.84. The highest BCUT2D eigenvalue weighted by atomic mass is 16.5. The number of imidazole rings is 1. The topological polar surface area (TPSA) is 60.2 Å². The number of rotatable bonds is 3. The molecule has 102 valence electrons. The minimum atomic E-state index is 0.134. The van der Waals surface area contributed by atoms with Gasteiger partial charge >= 0.3 is 0 Å². The van der Waals surface area contributed by atoms with Crippen molar-refractivity contribution >= 4 is 11.0 Å². The molecule has 0 atom stereocenters. The molecule has 5 heteroatoms. The molecule has 3 aromatic rings. The number of pyridine rings is 1. The second-order valence-electron chi connectivity index (χ2n) is 4.47. The molecule has 1 N–H and O–H groups in total. The summed E-state index contributed by atoms with van der Waals surface area (Å²) in [7, 11) is 1.64. The summed E-state index contributed by atoms with van der Waals surface area (Å²) in [5.74, 6) is 1.70. The van der Waals surface area contributed by atoms with Crippen molar-refractivity contribution in [3.05, 3.63) is 36.7 Å². The maximum atomic E-state index is 9.58. The van der Waals surface area contributed by atoms with E-state index in [1.165, 1.54) is 6.20 Å². The quantitative estimate of drug-likeness (QED) is 0.794. The van der Waals surface area contributed by atoms with Crippen LogP contribution in [0.15, 0.2) is 36.7 Å². The first kappa shape index (κ1) is 12.5. The lowest BCUT2D eigenvalue weighted by Gasteiger charge is -2.06. The Bertz CT molecular complexity index is 765. The third-order valence-corrected chi connectivity index (χ3v) is 3.25. The highest BCUT2D eigenvalue weighted by Gasteiger charge is 2.12. The lowest BCUT2D eigenvalue weighted by Crippen LogP contribution is -1.97. The molecule has 0 radical (unpaired) electrons. The summed E-state index contributed by atoms with van der Waals surface area (Å²) in [6.07, 6.45) is 3.11. The van der Waals surface area contributed by atoms with E-state index in [9.17, 15) is 5.11 Å². The Labute approximate surface area is 116 Å². The molecule has 0 bridgehead atoms. The SMILES string of the molecule is CCn1c(-c2cncc(O)c2)nc2cc(OC)ccc21. The van der Waals surface area contributed by atoms with Crippen molar-refractivity contribution in [2.75, 3.05) is 7.11 Å². The molecule has 20 heavy (non-hydrogen) atoms. The summed E-state index contributed by atoms with van der Waals surface area (Å²) in [4.78, 5) is 8.65. The zero-order valence-electron chi connectivity index (χ0n) is 11.4. The van der Waals surface area contributed by atoms with Crippen molar-refractivity contribution < 1.29 is 9.84 Å². The van der Waals surface area contributed by atoms with Gasteiger partial charge in [-0.3, -0.25) is 4.98 Å². The fourth-order valence-electron chi connectivity index (χ4n) is 2.33. The third kappa shape index (κ3) is 1.97. The number of aryl methyl sites for hydroxylation is 1. The smallest absolute Gasteiger partial charge is 0.142 e. The first-order valence-corrected chi connectivity index (χ1v) is 6.41. The number of aromatic nitrogens is 3. The number of aromatic hydroxyl groups is 1. The number of hydrogen-bond donors (Lipinski definition) is 1. The molecule has 0 saturated heterocycles. The second kappa shape index (κ2) is 4.85. The van der Waals surface area contributed by atoms with Gasteiger partial charge in [0.25, 0.3) is 0 Å². The van der Waals surface area contributed by atoms with Gasteiger partial charge in [-0.1, -0.05) is 0 Å². The third-order valence-electron chi connectivity index (χ3n) is 3.25. The van der Waals surface area contributed by atoms with Crippen LogP contribution in [-0.2, 0) is 6.54 Å². The summed E-state index contributed by atoms with van der Waals surface area (Å²) < 4.78 is 7.32. The number of nitrogens with zero attached hydrogens (tertiary/aromatic N) is 3. The fourth-order valence-corrected chi connectivity index (χ4v) is 2.33. The van der Waals surface area contributed by atoms with Crippen LogP contribution >= 0.6 is 0 Å². The number of methoxy groups -OCH3 is 1. The van der Waals surface area contributed by atoms with Gasteiger partial charge in [-0.05, 0) is 25.1 Å². The molecule has 5 nitrogen and oxygen atoms in total. The van der Waals surface area contributed by atoms with Crippen molar-refractivity contribution in [3.63, 3.8) is 0 Å². The van der Waals surface area contributed by atoms with Gasteiger partial charge in [-0.2, -0.15) is 0 Å². The Morgan fingerprint density at radius 1 is 1.25 bits per heavy atom. The van der Waals surface area contributed by atoms with Gasteiger partial charge in [0.2, 0.25) is 0 Å². The summed E-state index contributed by atoms with van der Waals surface area (Å²) in [5.41, 5.74) is 2.69. The first-order chi connectivity index (χ1) is 9.72. The van der Waals surface area contributed by atoms with Crippen LogP contribution in [0.4, 0.5) is 0 Å². The van der Waals surface area contributed by atoms with Crippen molar-refractivity contribution in [1.82, 2.24) is 14.5 Å². The van der Waals surface area contributed by atoms with Crippen molar-refractivity contribution in [2.45, 2.75) is 13.5 Å². The van der Waals surface area contributed by atoms with E-state index in [0.29, 0.717) is 0 Å². The van der Waals surface area contributed by atoms with E-state index < -0.39 is 0 Å². The zero-order valence-corrected chi connectivity index (χ0v) is 11.4. The van der Waals surface area contributed by atoms with Gasteiger partial charge in [-0.15, -0.1) is 0 Å². The van der Waals surface area contributed by atoms with Crippen molar-refractivity contribution in [1.29, 1.82) is 0 Å². The van der Waals surface area contributed by atoms with E-state index in [1.54, 1.807) is 19.4 Å². The van der Waals surface area contributed by atoms with Gasteiger partial charge in [0.15, 0.2) is 0 Å². The normalized spacial score (nSPS) is 10.9. The van der Waals surface area contributed by atoms with Crippen LogP contribution in [0.25, 0.3) is 22.4 Å². The van der Waals surface area contributed by atoms with Crippen molar-refractivity contribution in [2.24, 2.45) is 0 Å². The summed E-state index contributed by atoms with van der Waals surface area (Å²) >= 11 is 0. The molecule has 2 aromatic heterocycles. The van der Waals surface area contributed by atoms with Crippen LogP contribution in [0.3, 0.4) is 0 Å². The standard InChI is InChI=1S/C15H15N3O2/c1-3-18-14-5-4-12(20-2)7-13(14)17-15(18)10-6-11(19)9-16-8-10/h4-9,19H,3H2,1-2H3. The second-order valence-corrected chi connectivity index (χ2v) is 4.47. The Hall–Kier alpha value is -2.56. The van der Waals surface area contributed by atoms with Gasteiger partial charge in [0.05, 0.1) is 24.3 Å². The Morgan fingerprint density at radius 2 is 2.10 bits per heavy atom. The van der Waals surface area contributed by atoms with E-state index in [4.69, 9.17) is 4.74 Å². The Balaban J connectivity index is 2.24. The Kier molecular flexibility index (Phi) is 3.02. The number of fused-ring (bicyclic) bond motifs is 1. The van der Waals surface area contributed by atoms with Crippen LogP contribution < -0.4 is 4.74 Å². The maximum absolute atomic E-state index is 9.58. The molecule has 0 unspecified atom stereocenters. The minimum absolute atomic E-state index is 0.134. The monoisotopic (exact) mass is 269 g/mol. The van der Waals surface area contributed by atoms with E-state index in [0.717, 1.165) is 34.7 Å². The molecule has 0 aliphatic rings. The fraction of sp³-hybridized carbons (Fsp3) is 0.200. The van der Waals surface area contributed by atoms with Gasteiger partial charge in [0, 0.05) is 24.4 Å². The minimum Gasteiger partial charge on any atom is -0.506 e. The molecule has 0 fully saturated rings. The molecule has 0 aliphatic carbocycles. The zero-order chi connectivity index (χ0) is 14.1. The van der Waals surface area contributed by atoms with E-state index in [-0.39, 0.29) is 5.75 Å². The molecule has 2 heterocycles. The summed E-state index contributed by atoms with van der Waals surface area (Å²) in [6.45, 7) is 2.85. The molecule has 1 aromatic carbocycles. The Morgan fingerprint density at radius 3 is 2.80 bits per heavy atom. The highest BCUT2D eigenvalue weighted by Crippen LogP contribution is 2.28. The number of ether oxygens (including phenoxy) is 1. The van der Waals surface area contributed by atoms with Crippen LogP contribution in [0.5, 0.6) is 11.5 Å². The largest absolute Gasteiger partial charge is 0.506 e. The van der Waals surface area contributed by atoms with Gasteiger partial charge in [-0.25, -0.2) is 4.98 Å². The lowest BCUT2D eigenvalue weighted by molar-refractivity contribution is 0.415. The molecule has 3 rings (SSSR count). The van der Waals surface area contributed by atoms with Gasteiger partial charge in [0.1, 0.15) is 17.3 Å². The summed E-state index contributed by atoms with van der Waals surface area (Å²) in [5, 5.41) is 9.58. The molecule has 0 amide bonds. The first-order valence-electron chi connectivity index (χ1n) is 6.41. The van der Waals surface area contributed by atoms with E-state index in [2.05, 4.69) is 21.5 Å². The molecular weight excluding hydrogens is 254 g/mol. The van der Waals surface area contributed by atoms with Crippen LogP contribution in [0.1, 0.15) is 6.92 Å². The predicted octanol–water partition coefficient (Wildman–Crippen LogP) is 2.83. The van der Waals surface area contributed by atoms with E-state index >= 15 is 0 Å². The number of benzene rings is 1. The summed E-state index contributed by atoms with van der Waals surface area (Å²) in [6, 6.07) is 7.48. The lowest BCUT2D eigenvalue weighted by atomic mass is 10.2. The van der Waals surface area contributed by atoms with Crippen molar-refractivity contribution in [3.8, 4) is 22.9 Å². The van der Waals surface area contributed by atoms with E-state index in [1.807, 2.05) is 18.2 Å². The molecule has 0 aliphatic heterocycles. The van der Waals surface area contributed by atoms with Crippen LogP contribution in [-0.4, -0.2) is 26.8 Å². The van der Waals surface area contributed by atoms with Gasteiger partial charge < -0.3 is 14.4 Å². The van der Waals surface area contributed by atoms with Crippen LogP contribution in [0.2, 0.25) is 0 Å². The average molecular weight is 269 g/mol. The molecular formula is C15H15N3O2. The number of hydrogen-bond acceptors (Lipinski definition) is 4. The predicted molar refractivity (Wildman–Crippen MR) is 76.9 cm³/mol. The molecule has 0 spiro atoms.